The van der Waals surface area contributed by atoms with Crippen molar-refractivity contribution in [3.8, 4) is 0 Å². The Morgan fingerprint density at radius 3 is 2.83 bits per heavy atom. The van der Waals surface area contributed by atoms with Crippen LogP contribution in [0.15, 0.2) is 0 Å². The highest BCUT2D eigenvalue weighted by Crippen LogP contribution is 2.50. The summed E-state index contributed by atoms with van der Waals surface area (Å²) in [4.78, 5) is 10.5. The molecule has 1 atom stereocenters. The average Bonchev–Trinajstić information content (AvgIpc) is 2.44. The van der Waals surface area contributed by atoms with E-state index >= 15 is 0 Å². The summed E-state index contributed by atoms with van der Waals surface area (Å²) >= 11 is 0. The molecule has 4 heteroatoms. The van der Waals surface area contributed by atoms with Gasteiger partial charge in [-0.15, -0.1) is 0 Å². The van der Waals surface area contributed by atoms with Crippen LogP contribution in [0.25, 0.3) is 0 Å². The van der Waals surface area contributed by atoms with Gasteiger partial charge in [-0.1, -0.05) is 0 Å². The smallest absolute Gasteiger partial charge is 0.320 e. The summed E-state index contributed by atoms with van der Waals surface area (Å²) in [6.07, 6.45) is 2.49. The molecule has 2 heterocycles. The van der Waals surface area contributed by atoms with Crippen LogP contribution in [-0.4, -0.2) is 29.3 Å². The summed E-state index contributed by atoms with van der Waals surface area (Å²) in [5, 5.41) is 8.59. The SMILES string of the molecule is N[C@H](CC12CC(CO1)C2)C(=O)O. The van der Waals surface area contributed by atoms with E-state index in [4.69, 9.17) is 15.6 Å². The molecule has 0 amide bonds. The van der Waals surface area contributed by atoms with Crippen molar-refractivity contribution in [3.63, 3.8) is 0 Å². The van der Waals surface area contributed by atoms with Crippen LogP contribution in [0, 0.1) is 5.92 Å². The Labute approximate surface area is 70.7 Å². The molecule has 0 aromatic heterocycles. The zero-order valence-corrected chi connectivity index (χ0v) is 6.82. The van der Waals surface area contributed by atoms with Gasteiger partial charge in [-0.2, -0.15) is 0 Å². The van der Waals surface area contributed by atoms with Gasteiger partial charge in [0.2, 0.25) is 0 Å². The van der Waals surface area contributed by atoms with E-state index in [1.807, 2.05) is 0 Å². The molecule has 0 aromatic rings. The van der Waals surface area contributed by atoms with E-state index in [2.05, 4.69) is 0 Å². The van der Waals surface area contributed by atoms with E-state index in [1.165, 1.54) is 0 Å². The number of fused-ring (bicyclic) bond motifs is 1. The Morgan fingerprint density at radius 2 is 2.42 bits per heavy atom. The number of hydrogen-bond acceptors (Lipinski definition) is 3. The van der Waals surface area contributed by atoms with Gasteiger partial charge >= 0.3 is 5.97 Å². The number of aliphatic carboxylic acids is 1. The molecule has 2 saturated heterocycles. The van der Waals surface area contributed by atoms with Crippen molar-refractivity contribution in [1.29, 1.82) is 0 Å². The molecule has 4 nitrogen and oxygen atoms in total. The minimum Gasteiger partial charge on any atom is -0.480 e. The van der Waals surface area contributed by atoms with Gasteiger partial charge in [-0.25, -0.2) is 0 Å². The first-order valence-corrected chi connectivity index (χ1v) is 4.24. The van der Waals surface area contributed by atoms with E-state index in [0.717, 1.165) is 19.4 Å². The molecule has 3 fully saturated rings. The second-order valence-corrected chi connectivity index (χ2v) is 3.92. The summed E-state index contributed by atoms with van der Waals surface area (Å²) in [6, 6.07) is -0.760. The van der Waals surface area contributed by atoms with Crippen molar-refractivity contribution < 1.29 is 14.6 Å². The molecule has 0 radical (unpaired) electrons. The Balaban J connectivity index is 1.91. The predicted molar refractivity (Wildman–Crippen MR) is 41.6 cm³/mol. The van der Waals surface area contributed by atoms with Crippen molar-refractivity contribution in [2.75, 3.05) is 6.61 Å². The molecule has 3 aliphatic rings. The highest BCUT2D eigenvalue weighted by molar-refractivity contribution is 5.73. The van der Waals surface area contributed by atoms with Gasteiger partial charge in [0.1, 0.15) is 6.04 Å². The lowest BCUT2D eigenvalue weighted by molar-refractivity contribution is -0.140. The van der Waals surface area contributed by atoms with Crippen molar-refractivity contribution in [1.82, 2.24) is 0 Å². The lowest BCUT2D eigenvalue weighted by Crippen LogP contribution is -2.45. The second kappa shape index (κ2) is 2.44. The molecule has 1 aliphatic carbocycles. The predicted octanol–water partition coefficient (Wildman–Crippen LogP) is -0.0326. The first kappa shape index (κ1) is 8.01. The molecule has 0 unspecified atom stereocenters. The van der Waals surface area contributed by atoms with Crippen LogP contribution in [0.2, 0.25) is 0 Å². The van der Waals surface area contributed by atoms with Crippen LogP contribution in [0.1, 0.15) is 19.3 Å². The minimum atomic E-state index is -0.927. The van der Waals surface area contributed by atoms with E-state index in [1.54, 1.807) is 0 Å². The van der Waals surface area contributed by atoms with Gasteiger partial charge in [-0.05, 0) is 18.8 Å². The molecule has 1 saturated carbocycles. The molecular weight excluding hydrogens is 158 g/mol. The molecule has 68 valence electrons. The normalized spacial score (nSPS) is 40.6. The van der Waals surface area contributed by atoms with Gasteiger partial charge in [-0.3, -0.25) is 4.79 Å². The zero-order valence-electron chi connectivity index (χ0n) is 6.82. The van der Waals surface area contributed by atoms with Crippen LogP contribution < -0.4 is 5.73 Å². The van der Waals surface area contributed by atoms with Gasteiger partial charge in [0.05, 0.1) is 12.2 Å². The molecule has 3 N–H and O–H groups in total. The summed E-state index contributed by atoms with van der Waals surface area (Å²) in [5.41, 5.74) is 5.26. The summed E-state index contributed by atoms with van der Waals surface area (Å²) in [7, 11) is 0. The summed E-state index contributed by atoms with van der Waals surface area (Å²) < 4.78 is 5.49. The summed E-state index contributed by atoms with van der Waals surface area (Å²) in [5.74, 6) is -0.255. The third-order valence-electron chi connectivity index (χ3n) is 2.86. The van der Waals surface area contributed by atoms with Gasteiger partial charge < -0.3 is 15.6 Å². The summed E-state index contributed by atoms with van der Waals surface area (Å²) in [6.45, 7) is 0.798. The lowest BCUT2D eigenvalue weighted by atomic mass is 9.71. The fraction of sp³-hybridized carbons (Fsp3) is 0.875. The monoisotopic (exact) mass is 171 g/mol. The Hall–Kier alpha value is -0.610. The highest BCUT2D eigenvalue weighted by atomic mass is 16.5. The lowest BCUT2D eigenvalue weighted by Gasteiger charge is -2.36. The average molecular weight is 171 g/mol. The highest BCUT2D eigenvalue weighted by Gasteiger charge is 2.52. The number of ether oxygens (including phenoxy) is 1. The molecule has 3 rings (SSSR count). The number of carboxylic acid groups (broad SMARTS) is 1. The molecule has 0 spiro atoms. The van der Waals surface area contributed by atoms with Crippen molar-refractivity contribution >= 4 is 5.97 Å². The Kier molecular flexibility index (Phi) is 1.63. The molecular formula is C8H13NO3. The topological polar surface area (TPSA) is 72.5 Å². The van der Waals surface area contributed by atoms with Crippen molar-refractivity contribution in [2.24, 2.45) is 11.7 Å². The van der Waals surface area contributed by atoms with Crippen LogP contribution in [0.3, 0.4) is 0 Å². The maximum absolute atomic E-state index is 10.5. The first-order chi connectivity index (χ1) is 5.61. The molecule has 12 heavy (non-hydrogen) atoms. The number of carboxylic acids is 1. The third-order valence-corrected chi connectivity index (χ3v) is 2.86. The fourth-order valence-electron chi connectivity index (χ4n) is 2.24. The molecule has 0 aromatic carbocycles. The maximum Gasteiger partial charge on any atom is 0.320 e. The van der Waals surface area contributed by atoms with E-state index in [9.17, 15) is 4.79 Å². The van der Waals surface area contributed by atoms with Crippen LogP contribution in [0.5, 0.6) is 0 Å². The third kappa shape index (κ3) is 1.11. The van der Waals surface area contributed by atoms with Crippen LogP contribution in [0.4, 0.5) is 0 Å². The van der Waals surface area contributed by atoms with Gasteiger partial charge in [0.25, 0.3) is 0 Å². The van der Waals surface area contributed by atoms with E-state index in [0.29, 0.717) is 12.3 Å². The van der Waals surface area contributed by atoms with Crippen LogP contribution in [-0.2, 0) is 9.53 Å². The standard InChI is InChI=1S/C8H13NO3/c9-6(7(10)11)3-8-1-5(2-8)4-12-8/h5-6H,1-4,9H2,(H,10,11)/t5?,6-,8?/m1/s1. The molecule has 2 bridgehead atoms. The van der Waals surface area contributed by atoms with Crippen LogP contribution >= 0.6 is 0 Å². The fourth-order valence-corrected chi connectivity index (χ4v) is 2.24. The van der Waals surface area contributed by atoms with E-state index < -0.39 is 12.0 Å². The second-order valence-electron chi connectivity index (χ2n) is 3.92. The van der Waals surface area contributed by atoms with Crippen molar-refractivity contribution in [3.05, 3.63) is 0 Å². The van der Waals surface area contributed by atoms with Crippen molar-refractivity contribution in [2.45, 2.75) is 30.9 Å². The van der Waals surface area contributed by atoms with E-state index in [-0.39, 0.29) is 5.60 Å². The van der Waals surface area contributed by atoms with Gasteiger partial charge in [0.15, 0.2) is 0 Å². The first-order valence-electron chi connectivity index (χ1n) is 4.24. The maximum atomic E-state index is 10.5. The minimum absolute atomic E-state index is 0.164. The van der Waals surface area contributed by atoms with Gasteiger partial charge in [0, 0.05) is 6.42 Å². The number of hydrogen-bond donors (Lipinski definition) is 2. The Morgan fingerprint density at radius 1 is 1.75 bits per heavy atom. The number of nitrogens with two attached hydrogens (primary N) is 1. The quantitative estimate of drug-likeness (QED) is 0.625. The zero-order chi connectivity index (χ0) is 8.77. The largest absolute Gasteiger partial charge is 0.480 e. The number of rotatable bonds is 3. The Bertz CT molecular complexity index is 205. The molecule has 2 aliphatic heterocycles. The number of carbonyl (C=O) groups is 1.